The van der Waals surface area contributed by atoms with Crippen LogP contribution in [0, 0.1) is 5.41 Å². The van der Waals surface area contributed by atoms with Gasteiger partial charge in [0.15, 0.2) is 0 Å². The number of rotatable bonds is 1. The van der Waals surface area contributed by atoms with Crippen molar-refractivity contribution >= 4 is 15.9 Å². The molecule has 1 atom stereocenters. The monoisotopic (exact) mass is 212 g/mol. The molecule has 11 heavy (non-hydrogen) atoms. The normalized spacial score (nSPS) is 30.8. The molecule has 2 fully saturated rings. The molecule has 58 valence electrons. The summed E-state index contributed by atoms with van der Waals surface area (Å²) in [4.78, 5) is 0. The first kappa shape index (κ1) is 6.23. The molecule has 2 aliphatic rings. The quantitative estimate of drug-likeness (QED) is 0.700. The molecule has 3 rings (SSSR count). The van der Waals surface area contributed by atoms with E-state index in [2.05, 4.69) is 31.9 Å². The molecule has 2 nitrogen and oxygen atoms in total. The van der Waals surface area contributed by atoms with Crippen molar-refractivity contribution in [3.05, 3.63) is 16.9 Å². The largest absolute Gasteiger partial charge is 0.268 e. The SMILES string of the molecule is Brc1cnn(C2CC23CC3)c1. The van der Waals surface area contributed by atoms with Crippen LogP contribution >= 0.6 is 15.9 Å². The van der Waals surface area contributed by atoms with Crippen LogP contribution in [0.2, 0.25) is 0 Å². The zero-order valence-electron chi connectivity index (χ0n) is 6.13. The summed E-state index contributed by atoms with van der Waals surface area (Å²) >= 11 is 3.40. The van der Waals surface area contributed by atoms with Gasteiger partial charge in [-0.15, -0.1) is 0 Å². The molecular formula is C8H9BrN2. The van der Waals surface area contributed by atoms with Gasteiger partial charge in [0.1, 0.15) is 0 Å². The zero-order chi connectivity index (χ0) is 7.47. The smallest absolute Gasteiger partial charge is 0.0632 e. The highest BCUT2D eigenvalue weighted by molar-refractivity contribution is 9.10. The van der Waals surface area contributed by atoms with Crippen molar-refractivity contribution in [2.45, 2.75) is 25.3 Å². The van der Waals surface area contributed by atoms with E-state index in [1.165, 1.54) is 19.3 Å². The predicted molar refractivity (Wildman–Crippen MR) is 45.2 cm³/mol. The maximum Gasteiger partial charge on any atom is 0.0632 e. The summed E-state index contributed by atoms with van der Waals surface area (Å²) in [5.41, 5.74) is 0.714. The minimum absolute atomic E-state index is 0.714. The Morgan fingerprint density at radius 2 is 2.45 bits per heavy atom. The van der Waals surface area contributed by atoms with Crippen molar-refractivity contribution in [1.29, 1.82) is 0 Å². The van der Waals surface area contributed by atoms with Crippen molar-refractivity contribution < 1.29 is 0 Å². The second-order valence-corrected chi connectivity index (χ2v) is 4.64. The fourth-order valence-electron chi connectivity index (χ4n) is 1.88. The molecule has 1 aromatic rings. The van der Waals surface area contributed by atoms with Crippen LogP contribution in [0.15, 0.2) is 16.9 Å². The third kappa shape index (κ3) is 0.804. The lowest BCUT2D eigenvalue weighted by atomic mass is 10.4. The first-order chi connectivity index (χ1) is 5.30. The molecule has 0 radical (unpaired) electrons. The second-order valence-electron chi connectivity index (χ2n) is 3.72. The lowest BCUT2D eigenvalue weighted by molar-refractivity contribution is 0.583. The van der Waals surface area contributed by atoms with Gasteiger partial charge in [0, 0.05) is 6.20 Å². The van der Waals surface area contributed by atoms with Crippen LogP contribution in [0.1, 0.15) is 25.3 Å². The van der Waals surface area contributed by atoms with Crippen molar-refractivity contribution in [2.75, 3.05) is 0 Å². The molecule has 2 aliphatic carbocycles. The molecule has 1 aromatic heterocycles. The van der Waals surface area contributed by atoms with Crippen LogP contribution in [0.4, 0.5) is 0 Å². The molecule has 1 spiro atoms. The van der Waals surface area contributed by atoms with Gasteiger partial charge in [-0.3, -0.25) is 4.68 Å². The van der Waals surface area contributed by atoms with Gasteiger partial charge in [-0.1, -0.05) is 0 Å². The highest BCUT2D eigenvalue weighted by Gasteiger charge is 2.64. The second kappa shape index (κ2) is 1.71. The van der Waals surface area contributed by atoms with E-state index >= 15 is 0 Å². The molecule has 0 N–H and O–H groups in total. The molecule has 0 aromatic carbocycles. The van der Waals surface area contributed by atoms with Crippen molar-refractivity contribution in [3.8, 4) is 0 Å². The highest BCUT2D eigenvalue weighted by Crippen LogP contribution is 2.72. The van der Waals surface area contributed by atoms with E-state index < -0.39 is 0 Å². The molecule has 1 unspecified atom stereocenters. The minimum atomic E-state index is 0.714. The summed E-state index contributed by atoms with van der Waals surface area (Å²) < 4.78 is 3.21. The Morgan fingerprint density at radius 3 is 2.91 bits per heavy atom. The Bertz CT molecular complexity index is 301. The third-order valence-corrected chi connectivity index (χ3v) is 3.34. The first-order valence-electron chi connectivity index (χ1n) is 4.00. The summed E-state index contributed by atoms with van der Waals surface area (Å²) in [5, 5.41) is 4.28. The Balaban J connectivity index is 1.90. The number of hydrogen-bond donors (Lipinski definition) is 0. The Kier molecular flexibility index (Phi) is 0.969. The third-order valence-electron chi connectivity index (χ3n) is 2.93. The van der Waals surface area contributed by atoms with Crippen LogP contribution in [0.5, 0.6) is 0 Å². The predicted octanol–water partition coefficient (Wildman–Crippen LogP) is 2.37. The van der Waals surface area contributed by atoms with E-state index in [9.17, 15) is 0 Å². The summed E-state index contributed by atoms with van der Waals surface area (Å²) in [6, 6.07) is 0.730. The van der Waals surface area contributed by atoms with Crippen molar-refractivity contribution in [1.82, 2.24) is 9.78 Å². The number of nitrogens with zero attached hydrogens (tertiary/aromatic N) is 2. The maximum absolute atomic E-state index is 4.28. The van der Waals surface area contributed by atoms with E-state index in [-0.39, 0.29) is 0 Å². The molecular weight excluding hydrogens is 204 g/mol. The highest BCUT2D eigenvalue weighted by atomic mass is 79.9. The van der Waals surface area contributed by atoms with Crippen LogP contribution in [-0.2, 0) is 0 Å². The summed E-state index contributed by atoms with van der Waals surface area (Å²) in [6.45, 7) is 0. The fraction of sp³-hybridized carbons (Fsp3) is 0.625. The average molecular weight is 213 g/mol. The van der Waals surface area contributed by atoms with E-state index in [0.717, 1.165) is 10.5 Å². The van der Waals surface area contributed by atoms with Crippen LogP contribution in [0.3, 0.4) is 0 Å². The van der Waals surface area contributed by atoms with Gasteiger partial charge >= 0.3 is 0 Å². The summed E-state index contributed by atoms with van der Waals surface area (Å²) in [7, 11) is 0. The van der Waals surface area contributed by atoms with E-state index in [0.29, 0.717) is 5.41 Å². The zero-order valence-corrected chi connectivity index (χ0v) is 7.71. The first-order valence-corrected chi connectivity index (χ1v) is 4.79. The van der Waals surface area contributed by atoms with Crippen LogP contribution in [0.25, 0.3) is 0 Å². The Labute approximate surface area is 73.7 Å². The van der Waals surface area contributed by atoms with Gasteiger partial charge < -0.3 is 0 Å². The lowest BCUT2D eigenvalue weighted by Gasteiger charge is -1.95. The minimum Gasteiger partial charge on any atom is -0.268 e. The molecule has 3 heteroatoms. The standard InChI is InChI=1S/C8H9BrN2/c9-6-4-10-11(5-6)7-3-8(7)1-2-8/h4-5,7H,1-3H2. The Morgan fingerprint density at radius 1 is 1.64 bits per heavy atom. The van der Waals surface area contributed by atoms with Crippen LogP contribution < -0.4 is 0 Å². The van der Waals surface area contributed by atoms with Gasteiger partial charge in [0.05, 0.1) is 16.7 Å². The number of halogens is 1. The molecule has 1 heterocycles. The number of aromatic nitrogens is 2. The van der Waals surface area contributed by atoms with E-state index in [4.69, 9.17) is 0 Å². The van der Waals surface area contributed by atoms with Gasteiger partial charge in [-0.05, 0) is 40.6 Å². The van der Waals surface area contributed by atoms with Gasteiger partial charge in [0.2, 0.25) is 0 Å². The average Bonchev–Trinajstić information content (AvgIpc) is 2.87. The molecule has 2 saturated carbocycles. The lowest BCUT2D eigenvalue weighted by Crippen LogP contribution is -1.95. The fourth-order valence-corrected chi connectivity index (χ4v) is 2.18. The summed E-state index contributed by atoms with van der Waals surface area (Å²) in [5.74, 6) is 0. The van der Waals surface area contributed by atoms with Crippen molar-refractivity contribution in [3.63, 3.8) is 0 Å². The molecule has 0 aliphatic heterocycles. The number of hydrogen-bond acceptors (Lipinski definition) is 1. The summed E-state index contributed by atoms with van der Waals surface area (Å²) in [6.07, 6.45) is 8.16. The van der Waals surface area contributed by atoms with Gasteiger partial charge in [-0.25, -0.2) is 0 Å². The van der Waals surface area contributed by atoms with E-state index in [1.807, 2.05) is 6.20 Å². The van der Waals surface area contributed by atoms with Gasteiger partial charge in [-0.2, -0.15) is 5.10 Å². The van der Waals surface area contributed by atoms with Crippen LogP contribution in [-0.4, -0.2) is 9.78 Å². The van der Waals surface area contributed by atoms with Gasteiger partial charge in [0.25, 0.3) is 0 Å². The molecule has 0 saturated heterocycles. The van der Waals surface area contributed by atoms with Crippen molar-refractivity contribution in [2.24, 2.45) is 5.41 Å². The van der Waals surface area contributed by atoms with E-state index in [1.54, 1.807) is 0 Å². The maximum atomic E-state index is 4.28. The Hall–Kier alpha value is -0.310. The molecule has 0 bridgehead atoms. The molecule has 0 amide bonds. The topological polar surface area (TPSA) is 17.8 Å².